The summed E-state index contributed by atoms with van der Waals surface area (Å²) in [6.07, 6.45) is 6.43. The van der Waals surface area contributed by atoms with Crippen molar-refractivity contribution in [1.29, 1.82) is 0 Å². The second-order valence-electron chi connectivity index (χ2n) is 5.15. The molecule has 21 heavy (non-hydrogen) atoms. The lowest BCUT2D eigenvalue weighted by atomic mass is 10.1. The fourth-order valence-electron chi connectivity index (χ4n) is 2.57. The molecular weight excluding hydrogens is 274 g/mol. The van der Waals surface area contributed by atoms with Crippen molar-refractivity contribution in [2.24, 2.45) is 7.05 Å². The average Bonchev–Trinajstić information content (AvgIpc) is 3.06. The molecule has 8 heteroatoms. The van der Waals surface area contributed by atoms with E-state index in [9.17, 15) is 9.90 Å². The molecule has 1 aliphatic rings. The third-order valence-corrected chi connectivity index (χ3v) is 3.65. The number of ether oxygens (including phenoxy) is 1. The molecule has 1 fully saturated rings. The van der Waals surface area contributed by atoms with Crippen LogP contribution in [0.5, 0.6) is 0 Å². The van der Waals surface area contributed by atoms with Crippen LogP contribution in [0.4, 0.5) is 0 Å². The highest BCUT2D eigenvalue weighted by atomic mass is 16.5. The lowest BCUT2D eigenvalue weighted by Gasteiger charge is -2.22. The van der Waals surface area contributed by atoms with Gasteiger partial charge in [-0.05, 0) is 19.3 Å². The third kappa shape index (κ3) is 2.66. The molecule has 112 valence electrons. The Morgan fingerprint density at radius 1 is 1.52 bits per heavy atom. The number of aromatic carboxylic acids is 1. The maximum atomic E-state index is 11.4. The van der Waals surface area contributed by atoms with Gasteiger partial charge in [0.1, 0.15) is 5.69 Å². The van der Waals surface area contributed by atoms with Crippen LogP contribution in [0.3, 0.4) is 0 Å². The lowest BCUT2D eigenvalue weighted by Crippen LogP contribution is -2.25. The molecule has 3 heterocycles. The van der Waals surface area contributed by atoms with Crippen molar-refractivity contribution in [2.45, 2.75) is 31.9 Å². The molecule has 2 aromatic heterocycles. The number of aromatic nitrogens is 5. The van der Waals surface area contributed by atoms with Crippen molar-refractivity contribution < 1.29 is 14.6 Å². The summed E-state index contributed by atoms with van der Waals surface area (Å²) in [4.78, 5) is 15.4. The predicted octanol–water partition coefficient (Wildman–Crippen LogP) is 0.946. The van der Waals surface area contributed by atoms with Crippen LogP contribution in [-0.4, -0.2) is 48.3 Å². The summed E-state index contributed by atoms with van der Waals surface area (Å²) in [6.45, 7) is 1.24. The average molecular weight is 291 g/mol. The zero-order valence-corrected chi connectivity index (χ0v) is 11.8. The molecule has 0 radical (unpaired) electrons. The summed E-state index contributed by atoms with van der Waals surface area (Å²) >= 11 is 0. The molecule has 0 spiro atoms. The minimum absolute atomic E-state index is 0.0501. The van der Waals surface area contributed by atoms with Crippen molar-refractivity contribution >= 4 is 5.97 Å². The number of hydrogen-bond donors (Lipinski definition) is 1. The molecule has 0 aromatic carbocycles. The number of carboxylic acid groups (broad SMARTS) is 1. The minimum Gasteiger partial charge on any atom is -0.476 e. The Morgan fingerprint density at radius 3 is 3.00 bits per heavy atom. The van der Waals surface area contributed by atoms with Gasteiger partial charge in [0, 0.05) is 13.7 Å². The first-order valence-electron chi connectivity index (χ1n) is 6.92. The molecule has 1 atom stereocenters. The van der Waals surface area contributed by atoms with Gasteiger partial charge in [-0.15, -0.1) is 5.10 Å². The van der Waals surface area contributed by atoms with E-state index in [1.165, 1.54) is 0 Å². The van der Waals surface area contributed by atoms with Gasteiger partial charge in [-0.25, -0.2) is 14.5 Å². The molecule has 0 amide bonds. The molecule has 0 bridgehead atoms. The SMILES string of the molecule is Cn1cncc1-c1c(C(=O)O)nnn1CC1CCCCO1. The Kier molecular flexibility index (Phi) is 3.70. The number of imidazole rings is 1. The third-order valence-electron chi connectivity index (χ3n) is 3.65. The second-order valence-corrected chi connectivity index (χ2v) is 5.15. The quantitative estimate of drug-likeness (QED) is 0.901. The van der Waals surface area contributed by atoms with E-state index in [1.807, 2.05) is 7.05 Å². The van der Waals surface area contributed by atoms with Crippen LogP contribution in [-0.2, 0) is 18.3 Å². The van der Waals surface area contributed by atoms with Crippen molar-refractivity contribution in [1.82, 2.24) is 24.5 Å². The number of aryl methyl sites for hydroxylation is 1. The molecule has 8 nitrogen and oxygen atoms in total. The predicted molar refractivity (Wildman–Crippen MR) is 72.8 cm³/mol. The smallest absolute Gasteiger partial charge is 0.358 e. The van der Waals surface area contributed by atoms with Gasteiger partial charge < -0.3 is 14.4 Å². The Hall–Kier alpha value is -2.22. The molecule has 0 aliphatic carbocycles. The summed E-state index contributed by atoms with van der Waals surface area (Å²) in [5.74, 6) is -1.10. The van der Waals surface area contributed by atoms with E-state index >= 15 is 0 Å². The number of rotatable bonds is 4. The second kappa shape index (κ2) is 5.65. The first-order chi connectivity index (χ1) is 10.2. The number of hydrogen-bond acceptors (Lipinski definition) is 5. The van der Waals surface area contributed by atoms with Gasteiger partial charge in [-0.3, -0.25) is 0 Å². The zero-order chi connectivity index (χ0) is 14.8. The highest BCUT2D eigenvalue weighted by Crippen LogP contribution is 2.23. The standard InChI is InChI=1S/C13H17N5O3/c1-17-8-14-6-10(17)12-11(13(19)20)15-16-18(12)7-9-4-2-3-5-21-9/h6,8-9H,2-5,7H2,1H3,(H,19,20). The van der Waals surface area contributed by atoms with Gasteiger partial charge in [-0.1, -0.05) is 5.21 Å². The Morgan fingerprint density at radius 2 is 2.38 bits per heavy atom. The first kappa shape index (κ1) is 13.7. The summed E-state index contributed by atoms with van der Waals surface area (Å²) < 4.78 is 9.06. The summed E-state index contributed by atoms with van der Waals surface area (Å²) in [6, 6.07) is 0. The summed E-state index contributed by atoms with van der Waals surface area (Å²) in [7, 11) is 1.81. The normalized spacial score (nSPS) is 18.8. The lowest BCUT2D eigenvalue weighted by molar-refractivity contribution is 0.00396. The van der Waals surface area contributed by atoms with Crippen LogP contribution < -0.4 is 0 Å². The van der Waals surface area contributed by atoms with Crippen LogP contribution in [0.2, 0.25) is 0 Å². The molecule has 2 aromatic rings. The van der Waals surface area contributed by atoms with Gasteiger partial charge in [-0.2, -0.15) is 0 Å². The van der Waals surface area contributed by atoms with Gasteiger partial charge >= 0.3 is 5.97 Å². The van der Waals surface area contributed by atoms with Gasteiger partial charge in [0.2, 0.25) is 0 Å². The van der Waals surface area contributed by atoms with Gasteiger partial charge in [0.05, 0.1) is 30.9 Å². The number of carbonyl (C=O) groups is 1. The maximum Gasteiger partial charge on any atom is 0.358 e. The van der Waals surface area contributed by atoms with Crippen LogP contribution in [0.15, 0.2) is 12.5 Å². The fourth-order valence-corrected chi connectivity index (χ4v) is 2.57. The molecule has 0 saturated carbocycles. The monoisotopic (exact) mass is 291 g/mol. The fraction of sp³-hybridized carbons (Fsp3) is 0.538. The van der Waals surface area contributed by atoms with Crippen molar-refractivity contribution in [3.63, 3.8) is 0 Å². The Bertz CT molecular complexity index is 642. The van der Waals surface area contributed by atoms with E-state index in [2.05, 4.69) is 15.3 Å². The van der Waals surface area contributed by atoms with E-state index in [4.69, 9.17) is 4.74 Å². The molecule has 3 rings (SSSR count). The zero-order valence-electron chi connectivity index (χ0n) is 11.8. The van der Waals surface area contributed by atoms with E-state index in [1.54, 1.807) is 21.8 Å². The van der Waals surface area contributed by atoms with Crippen LogP contribution in [0, 0.1) is 0 Å². The number of nitrogens with zero attached hydrogens (tertiary/aromatic N) is 5. The molecule has 1 N–H and O–H groups in total. The largest absolute Gasteiger partial charge is 0.476 e. The molecular formula is C13H17N5O3. The topological polar surface area (TPSA) is 95.1 Å². The van der Waals surface area contributed by atoms with Crippen LogP contribution >= 0.6 is 0 Å². The summed E-state index contributed by atoms with van der Waals surface area (Å²) in [5.41, 5.74) is 1.08. The van der Waals surface area contributed by atoms with E-state index in [-0.39, 0.29) is 11.8 Å². The first-order valence-corrected chi connectivity index (χ1v) is 6.92. The number of carboxylic acids is 1. The van der Waals surface area contributed by atoms with E-state index < -0.39 is 5.97 Å². The molecule has 1 aliphatic heterocycles. The minimum atomic E-state index is -1.10. The highest BCUT2D eigenvalue weighted by molar-refractivity contribution is 5.92. The van der Waals surface area contributed by atoms with Crippen molar-refractivity contribution in [2.75, 3.05) is 6.61 Å². The van der Waals surface area contributed by atoms with Gasteiger partial charge in [0.15, 0.2) is 5.69 Å². The van der Waals surface area contributed by atoms with Gasteiger partial charge in [0.25, 0.3) is 0 Å². The highest BCUT2D eigenvalue weighted by Gasteiger charge is 2.25. The molecule has 1 unspecified atom stereocenters. The van der Waals surface area contributed by atoms with E-state index in [0.29, 0.717) is 17.9 Å². The van der Waals surface area contributed by atoms with Crippen molar-refractivity contribution in [3.05, 3.63) is 18.2 Å². The maximum absolute atomic E-state index is 11.4. The van der Waals surface area contributed by atoms with Crippen LogP contribution in [0.1, 0.15) is 29.8 Å². The Labute approximate surface area is 121 Å². The Balaban J connectivity index is 1.97. The van der Waals surface area contributed by atoms with E-state index in [0.717, 1.165) is 25.9 Å². The van der Waals surface area contributed by atoms with Crippen LogP contribution in [0.25, 0.3) is 11.4 Å². The molecule has 1 saturated heterocycles. The van der Waals surface area contributed by atoms with Crippen molar-refractivity contribution in [3.8, 4) is 11.4 Å². The summed E-state index contributed by atoms with van der Waals surface area (Å²) in [5, 5.41) is 17.1.